The maximum atomic E-state index is 13.7. The Labute approximate surface area is 236 Å². The Bertz CT molecular complexity index is 1070. The zero-order valence-corrected chi connectivity index (χ0v) is 21.1. The van der Waals surface area contributed by atoms with Crippen LogP contribution in [0.1, 0.15) is 12.8 Å². The average Bonchev–Trinajstić information content (AvgIpc) is 2.87. The Morgan fingerprint density at radius 1 is 0.556 bits per heavy atom. The molecule has 0 radical (unpaired) electrons. The minimum atomic E-state index is -6.98. The summed E-state index contributed by atoms with van der Waals surface area (Å²) in [5.41, 5.74) is -1.37. The number of alkyl halides is 19. The fourth-order valence-corrected chi connectivity index (χ4v) is 2.52. The molecular formula is C20H15F19O6. The predicted molar refractivity (Wildman–Crippen MR) is 102 cm³/mol. The molecule has 0 saturated carbocycles. The molecular weight excluding hydrogens is 697 g/mol. The quantitative estimate of drug-likeness (QED) is 0.0745. The van der Waals surface area contributed by atoms with Crippen molar-refractivity contribution < 1.29 is 112 Å². The van der Waals surface area contributed by atoms with Crippen LogP contribution in [0, 0.1) is 5.92 Å². The van der Waals surface area contributed by atoms with E-state index >= 15 is 0 Å². The molecule has 25 heteroatoms. The summed E-state index contributed by atoms with van der Waals surface area (Å²) in [6.07, 6.45) is -19.8. The van der Waals surface area contributed by atoms with Gasteiger partial charge in [-0.25, -0.2) is 22.4 Å². The van der Waals surface area contributed by atoms with E-state index in [-0.39, 0.29) is 0 Å². The number of hydrogen-bond donors (Lipinski definition) is 0. The van der Waals surface area contributed by atoms with Crippen LogP contribution < -0.4 is 0 Å². The van der Waals surface area contributed by atoms with Crippen LogP contribution in [-0.4, -0.2) is 92.3 Å². The molecule has 0 rings (SSSR count). The second-order valence-corrected chi connectivity index (χ2v) is 8.57. The van der Waals surface area contributed by atoms with E-state index in [0.717, 1.165) is 0 Å². The van der Waals surface area contributed by atoms with Gasteiger partial charge in [-0.2, -0.15) is 65.9 Å². The molecule has 264 valence electrons. The third kappa shape index (κ3) is 9.90. The largest absolute Gasteiger partial charge is 0.459 e. The molecule has 0 N–H and O–H groups in total. The monoisotopic (exact) mass is 712 g/mol. The lowest BCUT2D eigenvalue weighted by Gasteiger charge is -2.32. The van der Waals surface area contributed by atoms with Gasteiger partial charge in [0.1, 0.15) is 0 Å². The second-order valence-electron chi connectivity index (χ2n) is 8.57. The second kappa shape index (κ2) is 14.1. The van der Waals surface area contributed by atoms with E-state index in [4.69, 9.17) is 0 Å². The van der Waals surface area contributed by atoms with E-state index in [9.17, 15) is 97.8 Å². The SMILES string of the molecule is C=C(CC(CC(=O)OCC(F)(F)C(F)(F)C(F)(F)C(F)F)C(=O)OCC(F)(F)C(F)(F)C(F)(F)C(F)F)C(=O)OCC(F)(F)F. The smallest absolute Gasteiger partial charge is 0.422 e. The standard InChI is InChI=1S/C20H15F19O6/c1-7(10(41)45-6-16(29,30)31)2-8(11(42)44-5-15(27,28)20(38,39)18(34,35)13(23)24)3-9(40)43-4-14(25,26)19(36,37)17(32,33)12(21)22/h8,12-13H,1-6H2. The first-order valence-corrected chi connectivity index (χ1v) is 10.9. The highest BCUT2D eigenvalue weighted by Gasteiger charge is 2.76. The first-order chi connectivity index (χ1) is 19.8. The van der Waals surface area contributed by atoms with Gasteiger partial charge in [0.25, 0.3) is 0 Å². The Hall–Kier alpha value is -3.18. The van der Waals surface area contributed by atoms with Crippen LogP contribution in [-0.2, 0) is 28.6 Å². The van der Waals surface area contributed by atoms with Crippen molar-refractivity contribution in [3.63, 3.8) is 0 Å². The van der Waals surface area contributed by atoms with Gasteiger partial charge in [-0.15, -0.1) is 0 Å². The Morgan fingerprint density at radius 3 is 1.29 bits per heavy atom. The van der Waals surface area contributed by atoms with Crippen molar-refractivity contribution in [2.75, 3.05) is 19.8 Å². The number of hydrogen-bond acceptors (Lipinski definition) is 6. The van der Waals surface area contributed by atoms with Crippen molar-refractivity contribution in [3.05, 3.63) is 12.2 Å². The van der Waals surface area contributed by atoms with Crippen molar-refractivity contribution >= 4 is 17.9 Å². The third-order valence-electron chi connectivity index (χ3n) is 5.01. The molecule has 0 amide bonds. The molecule has 1 atom stereocenters. The first-order valence-electron chi connectivity index (χ1n) is 10.9. The zero-order valence-electron chi connectivity index (χ0n) is 21.1. The molecule has 0 spiro atoms. The van der Waals surface area contributed by atoms with Crippen LogP contribution in [0.15, 0.2) is 12.2 Å². The Kier molecular flexibility index (Phi) is 13.1. The molecule has 0 heterocycles. The Morgan fingerprint density at radius 2 is 0.933 bits per heavy atom. The molecule has 0 bridgehead atoms. The highest BCUT2D eigenvalue weighted by molar-refractivity contribution is 5.89. The van der Waals surface area contributed by atoms with Gasteiger partial charge in [-0.3, -0.25) is 9.59 Å². The molecule has 0 fully saturated rings. The van der Waals surface area contributed by atoms with Crippen LogP contribution in [0.2, 0.25) is 0 Å². The molecule has 0 aromatic heterocycles. The van der Waals surface area contributed by atoms with Crippen molar-refractivity contribution in [1.82, 2.24) is 0 Å². The van der Waals surface area contributed by atoms with Gasteiger partial charge < -0.3 is 14.2 Å². The number of esters is 3. The van der Waals surface area contributed by atoms with E-state index in [1.54, 1.807) is 0 Å². The minimum absolute atomic E-state index is 1.37. The lowest BCUT2D eigenvalue weighted by molar-refractivity contribution is -0.344. The number of carbonyl (C=O) groups excluding carboxylic acids is 3. The fraction of sp³-hybridized carbons (Fsp3) is 0.750. The molecule has 0 aliphatic rings. The van der Waals surface area contributed by atoms with Gasteiger partial charge in [0.15, 0.2) is 19.8 Å². The summed E-state index contributed by atoms with van der Waals surface area (Å²) >= 11 is 0. The summed E-state index contributed by atoms with van der Waals surface area (Å²) < 4.78 is 255. The van der Waals surface area contributed by atoms with Gasteiger partial charge in [0.2, 0.25) is 0 Å². The molecule has 45 heavy (non-hydrogen) atoms. The summed E-state index contributed by atoms with van der Waals surface area (Å²) in [6, 6.07) is 0. The summed E-state index contributed by atoms with van der Waals surface area (Å²) in [7, 11) is 0. The maximum Gasteiger partial charge on any atom is 0.422 e. The molecule has 1 unspecified atom stereocenters. The van der Waals surface area contributed by atoms with Crippen LogP contribution in [0.3, 0.4) is 0 Å². The topological polar surface area (TPSA) is 78.9 Å². The molecule has 6 nitrogen and oxygen atoms in total. The first kappa shape index (κ1) is 41.8. The zero-order chi connectivity index (χ0) is 36.2. The van der Waals surface area contributed by atoms with Crippen LogP contribution in [0.25, 0.3) is 0 Å². The van der Waals surface area contributed by atoms with Gasteiger partial charge in [-0.1, -0.05) is 6.58 Å². The molecule has 0 aliphatic carbocycles. The van der Waals surface area contributed by atoms with Crippen LogP contribution in [0.4, 0.5) is 83.4 Å². The van der Waals surface area contributed by atoms with E-state index in [1.165, 1.54) is 0 Å². The molecule has 0 saturated heterocycles. The summed E-state index contributed by atoms with van der Waals surface area (Å²) in [4.78, 5) is 35.5. The average molecular weight is 712 g/mol. The summed E-state index contributed by atoms with van der Waals surface area (Å²) in [5.74, 6) is -50.1. The predicted octanol–water partition coefficient (Wildman–Crippen LogP) is 6.47. The number of rotatable bonds is 17. The fourth-order valence-electron chi connectivity index (χ4n) is 2.52. The number of halogens is 19. The lowest BCUT2D eigenvalue weighted by atomic mass is 9.96. The van der Waals surface area contributed by atoms with E-state index in [0.29, 0.717) is 0 Å². The van der Waals surface area contributed by atoms with E-state index < -0.39 is 117 Å². The third-order valence-corrected chi connectivity index (χ3v) is 5.01. The van der Waals surface area contributed by atoms with E-state index in [2.05, 4.69) is 20.8 Å². The van der Waals surface area contributed by atoms with Crippen molar-refractivity contribution in [2.45, 2.75) is 67.4 Å². The van der Waals surface area contributed by atoms with Crippen LogP contribution >= 0.6 is 0 Å². The molecule has 0 aromatic rings. The van der Waals surface area contributed by atoms with Crippen molar-refractivity contribution in [3.8, 4) is 0 Å². The van der Waals surface area contributed by atoms with Crippen LogP contribution in [0.5, 0.6) is 0 Å². The molecule has 0 aromatic carbocycles. The van der Waals surface area contributed by atoms with Crippen molar-refractivity contribution in [1.29, 1.82) is 0 Å². The summed E-state index contributed by atoms with van der Waals surface area (Å²) in [5, 5.41) is 0. The van der Waals surface area contributed by atoms with E-state index in [1.807, 2.05) is 0 Å². The van der Waals surface area contributed by atoms with Gasteiger partial charge in [0.05, 0.1) is 12.3 Å². The maximum absolute atomic E-state index is 13.7. The summed E-state index contributed by atoms with van der Waals surface area (Å²) in [6.45, 7) is -6.08. The van der Waals surface area contributed by atoms with Crippen molar-refractivity contribution in [2.24, 2.45) is 5.92 Å². The molecule has 0 aliphatic heterocycles. The highest BCUT2D eigenvalue weighted by atomic mass is 19.4. The van der Waals surface area contributed by atoms with Gasteiger partial charge >= 0.3 is 72.5 Å². The normalized spacial score (nSPS) is 14.8. The van der Waals surface area contributed by atoms with Gasteiger partial charge in [0, 0.05) is 5.57 Å². The number of carbonyl (C=O) groups is 3. The Balaban J connectivity index is 6.02. The lowest BCUT2D eigenvalue weighted by Crippen LogP contribution is -2.59. The highest BCUT2D eigenvalue weighted by Crippen LogP contribution is 2.50. The number of ether oxygens (including phenoxy) is 3. The minimum Gasteiger partial charge on any atom is -0.459 e. The van der Waals surface area contributed by atoms with Gasteiger partial charge in [-0.05, 0) is 6.42 Å².